The zero-order valence-electron chi connectivity index (χ0n) is 10.4. The van der Waals surface area contributed by atoms with Crippen molar-refractivity contribution in [2.45, 2.75) is 27.7 Å². The van der Waals surface area contributed by atoms with Crippen molar-refractivity contribution in [3.8, 4) is 0 Å². The summed E-state index contributed by atoms with van der Waals surface area (Å²) in [5, 5.41) is 0. The van der Waals surface area contributed by atoms with E-state index in [0.717, 1.165) is 0 Å². The Hall–Kier alpha value is 2.56. The van der Waals surface area contributed by atoms with E-state index in [1.54, 1.807) is 0 Å². The number of hydrogen-bond acceptors (Lipinski definition) is 0. The molecule has 0 saturated carbocycles. The van der Waals surface area contributed by atoms with Gasteiger partial charge in [0.1, 0.15) is 0 Å². The van der Waals surface area contributed by atoms with Gasteiger partial charge in [0.2, 0.25) is 0 Å². The summed E-state index contributed by atoms with van der Waals surface area (Å²) < 4.78 is 0. The summed E-state index contributed by atoms with van der Waals surface area (Å²) in [5.74, 6) is 0. The van der Waals surface area contributed by atoms with Crippen molar-refractivity contribution >= 4 is 41.0 Å². The molecule has 0 heterocycles. The molecule has 0 atom stereocenters. The fourth-order valence-electron chi connectivity index (χ4n) is 0. The molecular weight excluding hydrogens is 451 g/mol. The predicted molar refractivity (Wildman–Crippen MR) is 81.8 cm³/mol. The molecule has 0 aliphatic heterocycles. The van der Waals surface area contributed by atoms with Crippen LogP contribution in [0.5, 0.6) is 0 Å². The molecule has 0 aliphatic rings. The number of hydrogen-bond donors (Lipinski definition) is 0. The molecule has 0 amide bonds. The van der Waals surface area contributed by atoms with Crippen molar-refractivity contribution in [2.75, 3.05) is 24.7 Å². The van der Waals surface area contributed by atoms with Gasteiger partial charge in [0.05, 0.1) is 0 Å². The Bertz CT molecular complexity index is 23.7. The Labute approximate surface area is 124 Å². The van der Waals surface area contributed by atoms with Crippen molar-refractivity contribution < 1.29 is 32.7 Å². The summed E-state index contributed by atoms with van der Waals surface area (Å²) in [7, 11) is 0. The Morgan fingerprint density at radius 2 is 0.750 bits per heavy atom. The SMILES string of the molecule is CC.CC.CI(C)C.C[IH]C.[Y]. The van der Waals surface area contributed by atoms with Crippen LogP contribution in [0.4, 0.5) is 0 Å². The second-order valence-electron chi connectivity index (χ2n) is 1.54. The number of halogens is 2. The molecule has 12 heavy (non-hydrogen) atoms. The van der Waals surface area contributed by atoms with Crippen molar-refractivity contribution in [1.29, 1.82) is 0 Å². The molecule has 0 fully saturated rings. The second kappa shape index (κ2) is 49.7. The topological polar surface area (TPSA) is 0 Å². The Balaban J connectivity index is -0.0000000186. The minimum atomic E-state index is -0.263. The zero-order chi connectivity index (χ0) is 10.3. The molecule has 0 aliphatic carbocycles. The molecule has 0 saturated heterocycles. The zero-order valence-corrected chi connectivity index (χ0v) is 17.7. The van der Waals surface area contributed by atoms with Gasteiger partial charge >= 0.3 is 65.7 Å². The summed E-state index contributed by atoms with van der Waals surface area (Å²) in [4.78, 5) is 11.5. The van der Waals surface area contributed by atoms with Gasteiger partial charge in [-0.05, 0) is 0 Å². The number of alkyl halides is 5. The number of rotatable bonds is 0. The van der Waals surface area contributed by atoms with Gasteiger partial charge < -0.3 is 0 Å². The summed E-state index contributed by atoms with van der Waals surface area (Å²) >= 11 is 0.207. The molecule has 0 rings (SSSR count). The average molecular weight is 479 g/mol. The van der Waals surface area contributed by atoms with Crippen LogP contribution >= 0.6 is 41.0 Å². The van der Waals surface area contributed by atoms with Crippen LogP contribution in [-0.4, -0.2) is 24.7 Å². The Morgan fingerprint density at radius 1 is 0.750 bits per heavy atom. The average Bonchev–Trinajstić information content (AvgIpc) is 1.96. The second-order valence-corrected chi connectivity index (χ2v) is 10.3. The molecule has 0 bridgehead atoms. The van der Waals surface area contributed by atoms with E-state index in [9.17, 15) is 0 Å². The molecule has 1 radical (unpaired) electrons. The van der Waals surface area contributed by atoms with Gasteiger partial charge in [0, 0.05) is 32.7 Å². The molecule has 0 aromatic carbocycles. The van der Waals surface area contributed by atoms with Gasteiger partial charge in [-0.15, -0.1) is 0 Å². The maximum Gasteiger partial charge on any atom is 0 e. The van der Waals surface area contributed by atoms with Crippen molar-refractivity contribution in [1.82, 2.24) is 0 Å². The monoisotopic (exact) mass is 479 g/mol. The third-order valence-corrected chi connectivity index (χ3v) is 0. The normalized spacial score (nSPS) is 6.58. The molecule has 81 valence electrons. The molecule has 0 nitrogen and oxygen atoms in total. The summed E-state index contributed by atoms with van der Waals surface area (Å²) in [6, 6.07) is 0. The third-order valence-electron chi connectivity index (χ3n) is 0. The largest absolute Gasteiger partial charge is 0 e. The van der Waals surface area contributed by atoms with Crippen molar-refractivity contribution in [2.24, 2.45) is 0 Å². The van der Waals surface area contributed by atoms with E-state index in [1.165, 1.54) is 0 Å². The van der Waals surface area contributed by atoms with Crippen LogP contribution in [0.15, 0.2) is 0 Å². The minimum Gasteiger partial charge on any atom is 0 e. The fourth-order valence-corrected chi connectivity index (χ4v) is 0. The van der Waals surface area contributed by atoms with E-state index < -0.39 is 0 Å². The van der Waals surface area contributed by atoms with E-state index in [2.05, 4.69) is 24.7 Å². The van der Waals surface area contributed by atoms with Crippen LogP contribution in [0.1, 0.15) is 27.7 Å². The van der Waals surface area contributed by atoms with Crippen molar-refractivity contribution in [3.05, 3.63) is 0 Å². The molecule has 0 unspecified atom stereocenters. The molecular formula is C9H28I2Y. The van der Waals surface area contributed by atoms with Gasteiger partial charge in [-0.25, -0.2) is 0 Å². The third kappa shape index (κ3) is 256. The van der Waals surface area contributed by atoms with E-state index in [4.69, 9.17) is 0 Å². The van der Waals surface area contributed by atoms with Crippen LogP contribution in [0.25, 0.3) is 0 Å². The smallest absolute Gasteiger partial charge is 0 e. The van der Waals surface area contributed by atoms with Gasteiger partial charge in [-0.1, -0.05) is 27.7 Å². The quantitative estimate of drug-likeness (QED) is 0.358. The van der Waals surface area contributed by atoms with E-state index >= 15 is 0 Å². The van der Waals surface area contributed by atoms with E-state index in [-0.39, 0.29) is 52.5 Å². The Kier molecular flexibility index (Phi) is 121. The summed E-state index contributed by atoms with van der Waals surface area (Å²) in [6.45, 7) is 8.00. The van der Waals surface area contributed by atoms with Crippen LogP contribution in [0.3, 0.4) is 0 Å². The van der Waals surface area contributed by atoms with Gasteiger partial charge in [0.15, 0.2) is 0 Å². The molecule has 0 N–H and O–H groups in total. The van der Waals surface area contributed by atoms with Gasteiger partial charge in [-0.3, -0.25) is 0 Å². The first-order valence-electron chi connectivity index (χ1n) is 3.95. The van der Waals surface area contributed by atoms with Gasteiger partial charge in [0.25, 0.3) is 0 Å². The summed E-state index contributed by atoms with van der Waals surface area (Å²) in [5.41, 5.74) is 0. The molecule has 3 heteroatoms. The maximum atomic E-state index is 2.32. The van der Waals surface area contributed by atoms with E-state index in [1.807, 2.05) is 27.7 Å². The van der Waals surface area contributed by atoms with Crippen LogP contribution in [0, 0.1) is 0 Å². The van der Waals surface area contributed by atoms with Crippen molar-refractivity contribution in [3.63, 3.8) is 0 Å². The van der Waals surface area contributed by atoms with E-state index in [0.29, 0.717) is 21.2 Å². The predicted octanol–water partition coefficient (Wildman–Crippen LogP) is 4.38. The van der Waals surface area contributed by atoms with Crippen LogP contribution in [0.2, 0.25) is 0 Å². The molecule has 0 aromatic rings. The summed E-state index contributed by atoms with van der Waals surface area (Å²) in [6.07, 6.45) is 0. The fraction of sp³-hybridized carbons (Fsp3) is 1.00. The molecule has 0 aromatic heterocycles. The first-order chi connectivity index (χ1) is 5.15. The molecule has 0 spiro atoms. The first-order valence-corrected chi connectivity index (χ1v) is 15.1. The minimum absolute atomic E-state index is 0. The Morgan fingerprint density at radius 3 is 0.750 bits per heavy atom. The standard InChI is InChI=1S/C3H9I.C2H7I.2C2H6.Y/c1-4(2)3;1-3-2;2*1-2;/h1-3H3;3H,1-2H3;2*1-2H3;. The van der Waals surface area contributed by atoms with Crippen LogP contribution < -0.4 is 0 Å². The van der Waals surface area contributed by atoms with Gasteiger partial charge in [-0.2, -0.15) is 0 Å². The maximum absolute atomic E-state index is 2.32. The van der Waals surface area contributed by atoms with Crippen LogP contribution in [-0.2, 0) is 32.7 Å². The first kappa shape index (κ1) is 29.3.